The number of aliphatic hydroxyl groups is 1. The van der Waals surface area contributed by atoms with E-state index in [1.165, 1.54) is 0 Å². The number of aldehydes is 1. The lowest BCUT2D eigenvalue weighted by Crippen LogP contribution is -2.17. The summed E-state index contributed by atoms with van der Waals surface area (Å²) in [5.74, 6) is 0.611. The van der Waals surface area contributed by atoms with Gasteiger partial charge in [-0.25, -0.2) is 4.99 Å². The number of fused-ring (bicyclic) bond motifs is 1. The number of aliphatic imine (C=N–C) groups is 1. The Balaban J connectivity index is 1.99. The molecule has 0 radical (unpaired) electrons. The molecule has 0 saturated heterocycles. The van der Waals surface area contributed by atoms with E-state index in [4.69, 9.17) is 4.74 Å². The summed E-state index contributed by atoms with van der Waals surface area (Å²) in [6.07, 6.45) is 1.36. The van der Waals surface area contributed by atoms with Crippen LogP contribution in [0.3, 0.4) is 0 Å². The Labute approximate surface area is 129 Å². The van der Waals surface area contributed by atoms with Gasteiger partial charge in [0.15, 0.2) is 12.2 Å². The lowest BCUT2D eigenvalue weighted by Gasteiger charge is -2.16. The molecule has 2 N–H and O–H groups in total. The van der Waals surface area contributed by atoms with Crippen LogP contribution in [0.25, 0.3) is 10.9 Å². The number of benzene rings is 1. The van der Waals surface area contributed by atoms with Gasteiger partial charge in [0, 0.05) is 17.5 Å². The quantitative estimate of drug-likeness (QED) is 0.834. The number of aromatic amines is 1. The maximum absolute atomic E-state index is 10.9. The fourth-order valence-electron chi connectivity index (χ4n) is 2.80. The third-order valence-corrected chi connectivity index (χ3v) is 3.90. The largest absolute Gasteiger partial charge is 0.478 e. The number of nitrogens with one attached hydrogen (secondary N) is 1. The van der Waals surface area contributed by atoms with Crippen molar-refractivity contribution in [1.29, 1.82) is 0 Å². The summed E-state index contributed by atoms with van der Waals surface area (Å²) in [4.78, 5) is 18.6. The molecule has 1 aromatic heterocycles. The van der Waals surface area contributed by atoms with Gasteiger partial charge in [-0.2, -0.15) is 0 Å². The van der Waals surface area contributed by atoms with E-state index in [0.717, 1.165) is 22.8 Å². The first-order valence-electron chi connectivity index (χ1n) is 7.44. The summed E-state index contributed by atoms with van der Waals surface area (Å²) in [5, 5.41) is 10.4. The summed E-state index contributed by atoms with van der Waals surface area (Å²) in [6.45, 7) is 4.68. The molecular formula is C17H20N2O3. The third kappa shape index (κ3) is 2.76. The molecule has 5 heteroatoms. The van der Waals surface area contributed by atoms with Crippen LogP contribution in [0.15, 0.2) is 29.3 Å². The van der Waals surface area contributed by atoms with Crippen LogP contribution in [-0.2, 0) is 4.74 Å². The van der Waals surface area contributed by atoms with Crippen LogP contribution in [0.5, 0.6) is 0 Å². The molecule has 2 aromatic rings. The van der Waals surface area contributed by atoms with Crippen molar-refractivity contribution in [2.75, 3.05) is 13.2 Å². The van der Waals surface area contributed by atoms with Gasteiger partial charge in [0.2, 0.25) is 0 Å². The number of ether oxygens (including phenoxy) is 1. The molecule has 1 unspecified atom stereocenters. The Morgan fingerprint density at radius 1 is 1.45 bits per heavy atom. The number of H-pyrrole nitrogens is 1. The normalized spacial score (nSPS) is 18.0. The topological polar surface area (TPSA) is 74.7 Å². The Hall–Kier alpha value is -2.14. The molecule has 116 valence electrons. The molecule has 5 nitrogen and oxygen atoms in total. The maximum Gasteiger partial charge on any atom is 0.191 e. The average molecular weight is 300 g/mol. The smallest absolute Gasteiger partial charge is 0.191 e. The van der Waals surface area contributed by atoms with Crippen molar-refractivity contribution >= 4 is 23.1 Å². The van der Waals surface area contributed by atoms with Crippen molar-refractivity contribution in [3.05, 3.63) is 35.5 Å². The molecule has 0 fully saturated rings. The molecule has 1 atom stereocenters. The molecule has 0 aliphatic carbocycles. The van der Waals surface area contributed by atoms with Gasteiger partial charge >= 0.3 is 0 Å². The Bertz CT molecular complexity index is 731. The number of hydrogen-bond donors (Lipinski definition) is 2. The van der Waals surface area contributed by atoms with Crippen molar-refractivity contribution in [2.24, 2.45) is 4.99 Å². The Morgan fingerprint density at radius 2 is 2.27 bits per heavy atom. The van der Waals surface area contributed by atoms with Gasteiger partial charge in [-0.05, 0) is 38.0 Å². The summed E-state index contributed by atoms with van der Waals surface area (Å²) in [5.41, 5.74) is 2.27. The van der Waals surface area contributed by atoms with Gasteiger partial charge in [0.05, 0.1) is 17.2 Å². The minimum absolute atomic E-state index is 0.0653. The highest BCUT2D eigenvalue weighted by atomic mass is 16.5. The number of nitrogens with zero attached hydrogens (tertiary/aromatic N) is 1. The summed E-state index contributed by atoms with van der Waals surface area (Å²) in [7, 11) is 0. The van der Waals surface area contributed by atoms with Crippen molar-refractivity contribution in [3.63, 3.8) is 0 Å². The molecule has 0 amide bonds. The average Bonchev–Trinajstić information content (AvgIpc) is 3.06. The van der Waals surface area contributed by atoms with E-state index < -0.39 is 0 Å². The summed E-state index contributed by atoms with van der Waals surface area (Å²) >= 11 is 0. The van der Waals surface area contributed by atoms with Gasteiger partial charge in [-0.1, -0.05) is 12.1 Å². The second-order valence-electron chi connectivity index (χ2n) is 6.31. The third-order valence-electron chi connectivity index (χ3n) is 3.90. The van der Waals surface area contributed by atoms with Crippen molar-refractivity contribution < 1.29 is 14.6 Å². The zero-order valence-electron chi connectivity index (χ0n) is 12.8. The molecule has 3 rings (SSSR count). The van der Waals surface area contributed by atoms with Gasteiger partial charge in [0.1, 0.15) is 6.61 Å². The van der Waals surface area contributed by atoms with Crippen LogP contribution >= 0.6 is 0 Å². The first kappa shape index (κ1) is 14.8. The maximum atomic E-state index is 10.9. The van der Waals surface area contributed by atoms with Crippen molar-refractivity contribution in [1.82, 2.24) is 4.98 Å². The van der Waals surface area contributed by atoms with E-state index in [2.05, 4.69) is 9.98 Å². The zero-order valence-corrected chi connectivity index (χ0v) is 12.8. The fourth-order valence-corrected chi connectivity index (χ4v) is 2.80. The highest BCUT2D eigenvalue weighted by Gasteiger charge is 2.31. The van der Waals surface area contributed by atoms with Crippen molar-refractivity contribution in [2.45, 2.75) is 31.7 Å². The molecule has 1 aliphatic rings. The molecule has 0 spiro atoms. The lowest BCUT2D eigenvalue weighted by molar-refractivity contribution is 0.112. The highest BCUT2D eigenvalue weighted by Crippen LogP contribution is 2.30. The van der Waals surface area contributed by atoms with E-state index in [9.17, 15) is 9.90 Å². The van der Waals surface area contributed by atoms with Crippen LogP contribution in [0.1, 0.15) is 42.2 Å². The van der Waals surface area contributed by atoms with Gasteiger partial charge in [-0.3, -0.25) is 4.79 Å². The fraction of sp³-hybridized carbons (Fsp3) is 0.412. The molecule has 0 saturated carbocycles. The van der Waals surface area contributed by atoms with Crippen LogP contribution in [0.2, 0.25) is 0 Å². The first-order valence-corrected chi connectivity index (χ1v) is 7.44. The Morgan fingerprint density at radius 3 is 2.91 bits per heavy atom. The minimum Gasteiger partial charge on any atom is -0.478 e. The van der Waals surface area contributed by atoms with E-state index in [-0.39, 0.29) is 18.1 Å². The predicted octanol–water partition coefficient (Wildman–Crippen LogP) is 2.65. The second-order valence-corrected chi connectivity index (χ2v) is 6.31. The van der Waals surface area contributed by atoms with Gasteiger partial charge in [0.25, 0.3) is 0 Å². The van der Waals surface area contributed by atoms with Crippen LogP contribution in [0.4, 0.5) is 0 Å². The number of aliphatic hydroxyl groups excluding tert-OH is 1. The number of carbonyl (C=O) groups is 1. The highest BCUT2D eigenvalue weighted by molar-refractivity contribution is 5.90. The minimum atomic E-state index is -0.218. The number of aromatic nitrogens is 1. The van der Waals surface area contributed by atoms with Crippen LogP contribution in [-0.4, -0.2) is 41.0 Å². The first-order chi connectivity index (χ1) is 10.5. The molecule has 2 heterocycles. The summed E-state index contributed by atoms with van der Waals surface area (Å²) < 4.78 is 5.75. The Kier molecular flexibility index (Phi) is 3.74. The standard InChI is InChI=1S/C17H20N2O3/c1-17(2)10-22-16(19-17)14(5-6-20)11-3-4-12-7-13(9-21)18-15(12)8-11/h3-4,7-9,14,18,20H,5-6,10H2,1-2H3. The van der Waals surface area contributed by atoms with E-state index in [0.29, 0.717) is 24.6 Å². The zero-order chi connectivity index (χ0) is 15.7. The van der Waals surface area contributed by atoms with Gasteiger partial charge in [-0.15, -0.1) is 0 Å². The molecule has 1 aromatic carbocycles. The van der Waals surface area contributed by atoms with Crippen LogP contribution < -0.4 is 0 Å². The summed E-state index contributed by atoms with van der Waals surface area (Å²) in [6, 6.07) is 7.79. The van der Waals surface area contributed by atoms with E-state index in [1.807, 2.05) is 38.1 Å². The monoisotopic (exact) mass is 300 g/mol. The van der Waals surface area contributed by atoms with E-state index in [1.54, 1.807) is 0 Å². The molecule has 1 aliphatic heterocycles. The van der Waals surface area contributed by atoms with Crippen molar-refractivity contribution in [3.8, 4) is 0 Å². The molecule has 0 bridgehead atoms. The second kappa shape index (κ2) is 5.57. The van der Waals surface area contributed by atoms with Gasteiger partial charge < -0.3 is 14.8 Å². The van der Waals surface area contributed by atoms with Crippen LogP contribution in [0, 0.1) is 0 Å². The number of rotatable bonds is 5. The molecular weight excluding hydrogens is 280 g/mol. The number of carbonyl (C=O) groups excluding carboxylic acids is 1. The number of hydrogen-bond acceptors (Lipinski definition) is 4. The predicted molar refractivity (Wildman–Crippen MR) is 85.6 cm³/mol. The lowest BCUT2D eigenvalue weighted by atomic mass is 9.95. The molecule has 22 heavy (non-hydrogen) atoms. The SMILES string of the molecule is CC1(C)COC(C(CCO)c2ccc3cc(C=O)[nH]c3c2)=N1. The van der Waals surface area contributed by atoms with E-state index >= 15 is 0 Å².